The van der Waals surface area contributed by atoms with E-state index in [2.05, 4.69) is 10.3 Å². The topological polar surface area (TPSA) is 62.2 Å². The van der Waals surface area contributed by atoms with Crippen molar-refractivity contribution in [2.45, 2.75) is 0 Å². The summed E-state index contributed by atoms with van der Waals surface area (Å²) in [5, 5.41) is 15.4. The Bertz CT molecular complexity index is 815. The number of rotatable bonds is 4. The van der Waals surface area contributed by atoms with Crippen molar-refractivity contribution in [2.75, 3.05) is 5.32 Å². The smallest absolute Gasteiger partial charge is 0.335 e. The Kier molecular flexibility index (Phi) is 4.09. The quantitative estimate of drug-likeness (QED) is 0.713. The van der Waals surface area contributed by atoms with Gasteiger partial charge in [0.05, 0.1) is 11.3 Å². The van der Waals surface area contributed by atoms with E-state index in [4.69, 9.17) is 16.7 Å². The summed E-state index contributed by atoms with van der Waals surface area (Å²) < 4.78 is 0. The third-order valence-electron chi connectivity index (χ3n) is 3.00. The molecule has 0 aliphatic carbocycles. The molecular formula is C16H11ClN2O2S. The maximum absolute atomic E-state index is 11.0. The predicted octanol–water partition coefficient (Wildman–Crippen LogP) is 4.91. The van der Waals surface area contributed by atoms with Crippen LogP contribution >= 0.6 is 22.9 Å². The Balaban J connectivity index is 1.81. The number of thiazole rings is 1. The molecule has 0 saturated carbocycles. The average Bonchev–Trinajstić information content (AvgIpc) is 2.96. The third kappa shape index (κ3) is 3.27. The van der Waals surface area contributed by atoms with Gasteiger partial charge in [-0.05, 0) is 30.3 Å². The first kappa shape index (κ1) is 14.6. The summed E-state index contributed by atoms with van der Waals surface area (Å²) in [6.45, 7) is 0. The van der Waals surface area contributed by atoms with Crippen molar-refractivity contribution in [3.63, 3.8) is 0 Å². The van der Waals surface area contributed by atoms with E-state index in [0.717, 1.165) is 11.3 Å². The van der Waals surface area contributed by atoms with Crippen molar-refractivity contribution in [3.05, 3.63) is 64.5 Å². The first-order valence-electron chi connectivity index (χ1n) is 6.44. The van der Waals surface area contributed by atoms with Crippen LogP contribution in [0.3, 0.4) is 0 Å². The van der Waals surface area contributed by atoms with Gasteiger partial charge in [0.25, 0.3) is 0 Å². The predicted molar refractivity (Wildman–Crippen MR) is 89.2 cm³/mol. The van der Waals surface area contributed by atoms with E-state index >= 15 is 0 Å². The van der Waals surface area contributed by atoms with Crippen molar-refractivity contribution < 1.29 is 9.90 Å². The zero-order valence-electron chi connectivity index (χ0n) is 11.3. The Morgan fingerprint density at radius 3 is 2.68 bits per heavy atom. The fourth-order valence-corrected chi connectivity index (χ4v) is 2.80. The Labute approximate surface area is 136 Å². The molecule has 0 radical (unpaired) electrons. The molecule has 0 amide bonds. The third-order valence-corrected chi connectivity index (χ3v) is 4.01. The summed E-state index contributed by atoms with van der Waals surface area (Å²) in [5.74, 6) is -0.954. The number of aromatic carboxylic acids is 1. The highest BCUT2D eigenvalue weighted by Gasteiger charge is 2.07. The summed E-state index contributed by atoms with van der Waals surface area (Å²) in [4.78, 5) is 15.5. The van der Waals surface area contributed by atoms with Gasteiger partial charge in [-0.3, -0.25) is 0 Å². The van der Waals surface area contributed by atoms with E-state index < -0.39 is 5.97 Å². The van der Waals surface area contributed by atoms with Crippen molar-refractivity contribution in [1.82, 2.24) is 4.98 Å². The van der Waals surface area contributed by atoms with Gasteiger partial charge in [0.1, 0.15) is 0 Å². The number of carbonyl (C=O) groups is 1. The summed E-state index contributed by atoms with van der Waals surface area (Å²) in [6, 6.07) is 14.1. The Morgan fingerprint density at radius 2 is 1.95 bits per heavy atom. The molecule has 3 aromatic rings. The maximum atomic E-state index is 11.0. The number of hydrogen-bond donors (Lipinski definition) is 2. The van der Waals surface area contributed by atoms with E-state index in [0.29, 0.717) is 15.8 Å². The van der Waals surface area contributed by atoms with E-state index in [9.17, 15) is 4.79 Å². The number of carboxylic acid groups (broad SMARTS) is 1. The minimum Gasteiger partial charge on any atom is -0.478 e. The number of halogens is 1. The molecule has 1 aromatic heterocycles. The molecule has 0 fully saturated rings. The summed E-state index contributed by atoms with van der Waals surface area (Å²) in [7, 11) is 0. The molecule has 0 atom stereocenters. The molecule has 2 aromatic carbocycles. The van der Waals surface area contributed by atoms with E-state index in [1.54, 1.807) is 24.3 Å². The maximum Gasteiger partial charge on any atom is 0.335 e. The van der Waals surface area contributed by atoms with Crippen LogP contribution in [0.25, 0.3) is 11.3 Å². The zero-order chi connectivity index (χ0) is 15.5. The fraction of sp³-hybridized carbons (Fsp3) is 0. The average molecular weight is 331 g/mol. The lowest BCUT2D eigenvalue weighted by atomic mass is 10.2. The van der Waals surface area contributed by atoms with Crippen LogP contribution in [0, 0.1) is 0 Å². The van der Waals surface area contributed by atoms with Gasteiger partial charge < -0.3 is 10.4 Å². The fourth-order valence-electron chi connectivity index (χ4n) is 1.94. The molecule has 0 aliphatic rings. The molecule has 6 heteroatoms. The van der Waals surface area contributed by atoms with Gasteiger partial charge in [0.2, 0.25) is 0 Å². The molecule has 0 bridgehead atoms. The second-order valence-electron chi connectivity index (χ2n) is 4.56. The van der Waals surface area contributed by atoms with Crippen LogP contribution in [0.4, 0.5) is 10.8 Å². The van der Waals surface area contributed by atoms with Crippen molar-refractivity contribution in [1.29, 1.82) is 0 Å². The molecule has 22 heavy (non-hydrogen) atoms. The highest BCUT2D eigenvalue weighted by Crippen LogP contribution is 2.28. The lowest BCUT2D eigenvalue weighted by molar-refractivity contribution is 0.0697. The van der Waals surface area contributed by atoms with Gasteiger partial charge in [-0.2, -0.15) is 0 Å². The molecule has 110 valence electrons. The van der Waals surface area contributed by atoms with Gasteiger partial charge in [0.15, 0.2) is 5.13 Å². The number of carboxylic acids is 1. The first-order chi connectivity index (χ1) is 10.6. The van der Waals surface area contributed by atoms with Gasteiger partial charge in [0, 0.05) is 21.7 Å². The molecular weight excluding hydrogens is 320 g/mol. The molecule has 0 spiro atoms. The number of nitrogens with one attached hydrogen (secondary N) is 1. The van der Waals surface area contributed by atoms with E-state index in [1.165, 1.54) is 11.3 Å². The lowest BCUT2D eigenvalue weighted by Crippen LogP contribution is -1.97. The normalized spacial score (nSPS) is 10.4. The monoisotopic (exact) mass is 330 g/mol. The Hall–Kier alpha value is -2.37. The molecule has 1 heterocycles. The van der Waals surface area contributed by atoms with Gasteiger partial charge >= 0.3 is 5.97 Å². The number of anilines is 2. The summed E-state index contributed by atoms with van der Waals surface area (Å²) in [6.07, 6.45) is 0. The highest BCUT2D eigenvalue weighted by molar-refractivity contribution is 7.14. The number of hydrogen-bond acceptors (Lipinski definition) is 4. The minimum absolute atomic E-state index is 0.236. The van der Waals surface area contributed by atoms with Gasteiger partial charge in [-0.1, -0.05) is 29.8 Å². The minimum atomic E-state index is -0.954. The number of nitrogens with zero attached hydrogens (tertiary/aromatic N) is 1. The van der Waals surface area contributed by atoms with Crippen LogP contribution in [-0.4, -0.2) is 16.1 Å². The first-order valence-corrected chi connectivity index (χ1v) is 7.69. The van der Waals surface area contributed by atoms with Crippen molar-refractivity contribution in [3.8, 4) is 11.3 Å². The zero-order valence-corrected chi connectivity index (χ0v) is 12.9. The second-order valence-corrected chi connectivity index (χ2v) is 5.85. The SMILES string of the molecule is O=C(O)c1cccc(Nc2nc(-c3ccc(Cl)cc3)cs2)c1. The van der Waals surface area contributed by atoms with Crippen LogP contribution in [0.5, 0.6) is 0 Å². The summed E-state index contributed by atoms with van der Waals surface area (Å²) in [5.41, 5.74) is 2.75. The molecule has 0 unspecified atom stereocenters. The Morgan fingerprint density at radius 1 is 1.18 bits per heavy atom. The van der Waals surface area contributed by atoms with Crippen molar-refractivity contribution >= 4 is 39.7 Å². The molecule has 3 rings (SSSR count). The molecule has 2 N–H and O–H groups in total. The van der Waals surface area contributed by atoms with Crippen LogP contribution in [0.2, 0.25) is 5.02 Å². The van der Waals surface area contributed by atoms with Crippen LogP contribution < -0.4 is 5.32 Å². The molecule has 0 saturated heterocycles. The summed E-state index contributed by atoms with van der Waals surface area (Å²) >= 11 is 7.33. The molecule has 4 nitrogen and oxygen atoms in total. The van der Waals surface area contributed by atoms with Crippen LogP contribution in [-0.2, 0) is 0 Å². The van der Waals surface area contributed by atoms with Crippen LogP contribution in [0.15, 0.2) is 53.9 Å². The van der Waals surface area contributed by atoms with Gasteiger partial charge in [-0.25, -0.2) is 9.78 Å². The standard InChI is InChI=1S/C16H11ClN2O2S/c17-12-6-4-10(5-7-12)14-9-22-16(19-14)18-13-3-1-2-11(8-13)15(20)21/h1-9H,(H,18,19)(H,20,21). The lowest BCUT2D eigenvalue weighted by Gasteiger charge is -2.03. The number of benzene rings is 2. The van der Waals surface area contributed by atoms with E-state index in [-0.39, 0.29) is 5.56 Å². The largest absolute Gasteiger partial charge is 0.478 e. The second kappa shape index (κ2) is 6.17. The van der Waals surface area contributed by atoms with Gasteiger partial charge in [-0.15, -0.1) is 11.3 Å². The molecule has 0 aliphatic heterocycles. The van der Waals surface area contributed by atoms with Crippen molar-refractivity contribution in [2.24, 2.45) is 0 Å². The highest BCUT2D eigenvalue weighted by atomic mass is 35.5. The number of aromatic nitrogens is 1. The van der Waals surface area contributed by atoms with Crippen LogP contribution in [0.1, 0.15) is 10.4 Å². The van der Waals surface area contributed by atoms with E-state index in [1.807, 2.05) is 29.6 Å².